The van der Waals surface area contributed by atoms with Gasteiger partial charge in [-0.15, -0.1) is 0 Å². The van der Waals surface area contributed by atoms with Crippen LogP contribution in [0.3, 0.4) is 0 Å². The fourth-order valence-electron chi connectivity index (χ4n) is 2.95. The third kappa shape index (κ3) is 5.05. The van der Waals surface area contributed by atoms with Crippen molar-refractivity contribution in [2.24, 2.45) is 0 Å². The van der Waals surface area contributed by atoms with Gasteiger partial charge in [-0.3, -0.25) is 4.79 Å². The van der Waals surface area contributed by atoms with Crippen molar-refractivity contribution in [1.82, 2.24) is 5.32 Å². The van der Waals surface area contributed by atoms with E-state index in [0.29, 0.717) is 18.7 Å². The van der Waals surface area contributed by atoms with E-state index in [1.54, 1.807) is 0 Å². The van der Waals surface area contributed by atoms with Gasteiger partial charge in [-0.2, -0.15) is 0 Å². The molecule has 1 N–H and O–H groups in total. The number of nitrogens with one attached hydrogen (secondary N) is 1. The van der Waals surface area contributed by atoms with Gasteiger partial charge in [0.2, 0.25) is 0 Å². The first-order valence-corrected chi connectivity index (χ1v) is 9.26. The first-order valence-electron chi connectivity index (χ1n) is 9.26. The Balaban J connectivity index is 1.75. The molecule has 0 fully saturated rings. The molecule has 0 aliphatic heterocycles. The van der Waals surface area contributed by atoms with E-state index < -0.39 is 0 Å². The van der Waals surface area contributed by atoms with E-state index in [-0.39, 0.29) is 12.0 Å². The van der Waals surface area contributed by atoms with Crippen LogP contribution in [-0.4, -0.2) is 12.0 Å². The monoisotopic (exact) mass is 359 g/mol. The summed E-state index contributed by atoms with van der Waals surface area (Å²) in [4.78, 5) is 12.8. The van der Waals surface area contributed by atoms with Crippen LogP contribution in [0.25, 0.3) is 11.1 Å². The highest BCUT2D eigenvalue weighted by molar-refractivity contribution is 6.00. The van der Waals surface area contributed by atoms with Crippen molar-refractivity contribution in [3.63, 3.8) is 0 Å². The highest BCUT2D eigenvalue weighted by Gasteiger charge is 2.12. The Labute approximate surface area is 161 Å². The molecular formula is C24H25NO2. The lowest BCUT2D eigenvalue weighted by atomic mass is 9.99. The van der Waals surface area contributed by atoms with Gasteiger partial charge >= 0.3 is 0 Å². The molecule has 0 aliphatic rings. The number of rotatable bonds is 7. The lowest BCUT2D eigenvalue weighted by Crippen LogP contribution is -2.24. The van der Waals surface area contributed by atoms with E-state index in [2.05, 4.69) is 5.32 Å². The molecule has 3 heteroatoms. The number of amides is 1. The predicted molar refractivity (Wildman–Crippen MR) is 109 cm³/mol. The highest BCUT2D eigenvalue weighted by Crippen LogP contribution is 2.23. The Kier molecular flexibility index (Phi) is 6.39. The molecule has 1 amide bonds. The van der Waals surface area contributed by atoms with Crippen molar-refractivity contribution in [2.75, 3.05) is 0 Å². The second-order valence-corrected chi connectivity index (χ2v) is 6.72. The summed E-state index contributed by atoms with van der Waals surface area (Å²) in [5.41, 5.74) is 4.83. The van der Waals surface area contributed by atoms with Gasteiger partial charge in [0, 0.05) is 12.1 Å². The van der Waals surface area contributed by atoms with Crippen LogP contribution in [0.4, 0.5) is 0 Å². The normalized spacial score (nSPS) is 10.8. The summed E-state index contributed by atoms with van der Waals surface area (Å²) in [6.07, 6.45) is 0.172. The Bertz CT molecular complexity index is 888. The zero-order valence-electron chi connectivity index (χ0n) is 15.8. The van der Waals surface area contributed by atoms with Crippen LogP contribution in [0.15, 0.2) is 78.9 Å². The van der Waals surface area contributed by atoms with Crippen molar-refractivity contribution < 1.29 is 9.53 Å². The predicted octanol–water partition coefficient (Wildman–Crippen LogP) is 5.21. The lowest BCUT2D eigenvalue weighted by Gasteiger charge is -2.14. The van der Waals surface area contributed by atoms with E-state index in [1.807, 2.05) is 92.7 Å². The summed E-state index contributed by atoms with van der Waals surface area (Å²) in [5.74, 6) is -0.0750. The Hall–Kier alpha value is -2.91. The zero-order chi connectivity index (χ0) is 19.1. The SMILES string of the molecule is CC(C)OCc1ccccc1CNC(=O)c1ccccc1-c1ccccc1. The summed E-state index contributed by atoms with van der Waals surface area (Å²) in [6, 6.07) is 25.7. The minimum absolute atomic E-state index is 0.0750. The highest BCUT2D eigenvalue weighted by atomic mass is 16.5. The maximum atomic E-state index is 12.8. The zero-order valence-corrected chi connectivity index (χ0v) is 15.8. The summed E-state index contributed by atoms with van der Waals surface area (Å²) < 4.78 is 5.72. The first-order chi connectivity index (χ1) is 13.1. The molecule has 0 aliphatic carbocycles. The standard InChI is InChI=1S/C24H25NO2/c1-18(2)27-17-21-13-7-6-12-20(21)16-25-24(26)23-15-9-8-14-22(23)19-10-4-3-5-11-19/h3-15,18H,16-17H2,1-2H3,(H,25,26). The molecule has 3 nitrogen and oxygen atoms in total. The quantitative estimate of drug-likeness (QED) is 0.629. The van der Waals surface area contributed by atoms with E-state index in [9.17, 15) is 4.79 Å². The maximum Gasteiger partial charge on any atom is 0.252 e. The van der Waals surface area contributed by atoms with Crippen LogP contribution in [0.2, 0.25) is 0 Å². The summed E-state index contributed by atoms with van der Waals surface area (Å²) in [5, 5.41) is 3.06. The van der Waals surface area contributed by atoms with Crippen LogP contribution < -0.4 is 5.32 Å². The van der Waals surface area contributed by atoms with Gasteiger partial charge in [-0.1, -0.05) is 72.8 Å². The first kappa shape index (κ1) is 18.9. The molecule has 0 unspecified atom stereocenters. The Morgan fingerprint density at radius 2 is 1.48 bits per heavy atom. The van der Waals surface area contributed by atoms with Gasteiger partial charge in [0.05, 0.1) is 12.7 Å². The van der Waals surface area contributed by atoms with Crippen LogP contribution in [0.5, 0.6) is 0 Å². The van der Waals surface area contributed by atoms with Crippen LogP contribution >= 0.6 is 0 Å². The smallest absolute Gasteiger partial charge is 0.252 e. The van der Waals surface area contributed by atoms with Gasteiger partial charge in [0.15, 0.2) is 0 Å². The number of hydrogen-bond donors (Lipinski definition) is 1. The van der Waals surface area contributed by atoms with E-state index >= 15 is 0 Å². The number of carbonyl (C=O) groups excluding carboxylic acids is 1. The molecule has 27 heavy (non-hydrogen) atoms. The third-order valence-electron chi connectivity index (χ3n) is 4.39. The average molecular weight is 359 g/mol. The second-order valence-electron chi connectivity index (χ2n) is 6.72. The molecular weight excluding hydrogens is 334 g/mol. The van der Waals surface area contributed by atoms with Crippen molar-refractivity contribution in [2.45, 2.75) is 33.1 Å². The van der Waals surface area contributed by atoms with Crippen LogP contribution in [-0.2, 0) is 17.9 Å². The molecule has 0 radical (unpaired) electrons. The molecule has 0 bridgehead atoms. The molecule has 0 heterocycles. The largest absolute Gasteiger partial charge is 0.374 e. The summed E-state index contributed by atoms with van der Waals surface area (Å²) in [7, 11) is 0. The van der Waals surface area contributed by atoms with Crippen molar-refractivity contribution in [3.8, 4) is 11.1 Å². The molecule has 3 aromatic rings. The molecule has 138 valence electrons. The Morgan fingerprint density at radius 3 is 2.22 bits per heavy atom. The average Bonchev–Trinajstić information content (AvgIpc) is 2.71. The summed E-state index contributed by atoms with van der Waals surface area (Å²) in [6.45, 7) is 5.06. The third-order valence-corrected chi connectivity index (χ3v) is 4.39. The van der Waals surface area contributed by atoms with E-state index in [1.165, 1.54) is 0 Å². The van der Waals surface area contributed by atoms with Gasteiger partial charge in [0.25, 0.3) is 5.91 Å². The van der Waals surface area contributed by atoms with Gasteiger partial charge in [0.1, 0.15) is 0 Å². The van der Waals surface area contributed by atoms with Gasteiger partial charge < -0.3 is 10.1 Å². The molecule has 0 saturated carbocycles. The lowest BCUT2D eigenvalue weighted by molar-refractivity contribution is 0.0651. The van der Waals surface area contributed by atoms with Crippen LogP contribution in [0, 0.1) is 0 Å². The summed E-state index contributed by atoms with van der Waals surface area (Å²) >= 11 is 0. The number of ether oxygens (including phenoxy) is 1. The maximum absolute atomic E-state index is 12.8. The molecule has 3 aromatic carbocycles. The number of benzene rings is 3. The van der Waals surface area contributed by atoms with E-state index in [4.69, 9.17) is 4.74 Å². The van der Waals surface area contributed by atoms with Gasteiger partial charge in [-0.25, -0.2) is 0 Å². The van der Waals surface area contributed by atoms with Crippen LogP contribution in [0.1, 0.15) is 35.3 Å². The molecule has 0 saturated heterocycles. The van der Waals surface area contributed by atoms with Crippen molar-refractivity contribution in [3.05, 3.63) is 95.6 Å². The number of hydrogen-bond acceptors (Lipinski definition) is 2. The molecule has 0 spiro atoms. The topological polar surface area (TPSA) is 38.3 Å². The molecule has 3 rings (SSSR count). The fraction of sp³-hybridized carbons (Fsp3) is 0.208. The fourth-order valence-corrected chi connectivity index (χ4v) is 2.95. The van der Waals surface area contributed by atoms with Crippen molar-refractivity contribution in [1.29, 1.82) is 0 Å². The number of carbonyl (C=O) groups is 1. The minimum atomic E-state index is -0.0750. The van der Waals surface area contributed by atoms with Gasteiger partial charge in [-0.05, 0) is 42.2 Å². The Morgan fingerprint density at radius 1 is 0.852 bits per heavy atom. The van der Waals surface area contributed by atoms with E-state index in [0.717, 1.165) is 22.3 Å². The molecule has 0 aromatic heterocycles. The second kappa shape index (κ2) is 9.15. The van der Waals surface area contributed by atoms with Crippen molar-refractivity contribution >= 4 is 5.91 Å². The minimum Gasteiger partial charge on any atom is -0.374 e. The molecule has 0 atom stereocenters.